The van der Waals surface area contributed by atoms with Crippen molar-refractivity contribution in [3.63, 3.8) is 0 Å². The number of rotatable bonds is 6. The van der Waals surface area contributed by atoms with Gasteiger partial charge in [0.05, 0.1) is 10.7 Å². The molecule has 0 unspecified atom stereocenters. The van der Waals surface area contributed by atoms with E-state index in [9.17, 15) is 4.79 Å². The minimum atomic E-state index is -0.248. The quantitative estimate of drug-likeness (QED) is 0.618. The van der Waals surface area contributed by atoms with Crippen molar-refractivity contribution < 1.29 is 9.53 Å². The molecule has 26 heavy (non-hydrogen) atoms. The van der Waals surface area contributed by atoms with E-state index < -0.39 is 0 Å². The van der Waals surface area contributed by atoms with Gasteiger partial charge in [0.2, 0.25) is 0 Å². The third-order valence-corrected chi connectivity index (χ3v) is 3.79. The molecule has 0 aliphatic carbocycles. The average molecular weight is 365 g/mol. The van der Waals surface area contributed by atoms with Crippen molar-refractivity contribution in [3.05, 3.63) is 89.4 Å². The summed E-state index contributed by atoms with van der Waals surface area (Å²) in [6, 6.07) is 24.1. The normalized spacial score (nSPS) is 10.7. The summed E-state index contributed by atoms with van der Waals surface area (Å²) in [5.74, 6) is 0.203. The topological polar surface area (TPSA) is 50.7 Å². The van der Waals surface area contributed by atoms with Crippen molar-refractivity contribution in [2.75, 3.05) is 11.9 Å². The lowest BCUT2D eigenvalue weighted by Crippen LogP contribution is -2.20. The molecule has 0 bridgehead atoms. The second-order valence-corrected chi connectivity index (χ2v) is 5.89. The highest BCUT2D eigenvalue weighted by Gasteiger charge is 2.07. The molecular formula is C21H17ClN2O2. The largest absolute Gasteiger partial charge is 0.482 e. The first-order valence-electron chi connectivity index (χ1n) is 8.07. The first-order valence-corrected chi connectivity index (χ1v) is 8.45. The van der Waals surface area contributed by atoms with Crippen LogP contribution in [0.1, 0.15) is 5.56 Å². The van der Waals surface area contributed by atoms with Crippen molar-refractivity contribution in [1.29, 1.82) is 0 Å². The number of para-hydroxylation sites is 2. The van der Waals surface area contributed by atoms with Crippen molar-refractivity contribution >= 4 is 35.1 Å². The Hall–Kier alpha value is -3.11. The molecule has 0 saturated carbocycles. The number of carbonyl (C=O) groups is 1. The zero-order chi connectivity index (χ0) is 18.2. The fraction of sp³-hybridized carbons (Fsp3) is 0.0476. The monoisotopic (exact) mass is 364 g/mol. The highest BCUT2D eigenvalue weighted by molar-refractivity contribution is 6.32. The lowest BCUT2D eigenvalue weighted by Gasteiger charge is -2.09. The lowest BCUT2D eigenvalue weighted by atomic mass is 10.2. The fourth-order valence-corrected chi connectivity index (χ4v) is 2.48. The molecule has 130 valence electrons. The Morgan fingerprint density at radius 2 is 1.69 bits per heavy atom. The van der Waals surface area contributed by atoms with Gasteiger partial charge in [-0.2, -0.15) is 0 Å². The Kier molecular flexibility index (Phi) is 6.01. The molecule has 0 fully saturated rings. The zero-order valence-electron chi connectivity index (χ0n) is 13.9. The number of hydrogen-bond donors (Lipinski definition) is 1. The van der Waals surface area contributed by atoms with E-state index in [4.69, 9.17) is 16.3 Å². The molecule has 0 saturated heterocycles. The van der Waals surface area contributed by atoms with Crippen molar-refractivity contribution in [2.24, 2.45) is 4.99 Å². The summed E-state index contributed by atoms with van der Waals surface area (Å²) in [7, 11) is 0. The maximum atomic E-state index is 11.9. The first-order chi connectivity index (χ1) is 12.7. The van der Waals surface area contributed by atoms with Gasteiger partial charge in [-0.05, 0) is 48.0 Å². The van der Waals surface area contributed by atoms with Gasteiger partial charge in [0.1, 0.15) is 5.75 Å². The lowest BCUT2D eigenvalue weighted by molar-refractivity contribution is -0.118. The van der Waals surface area contributed by atoms with Crippen molar-refractivity contribution in [2.45, 2.75) is 0 Å². The Bertz CT molecular complexity index is 896. The number of hydrogen-bond acceptors (Lipinski definition) is 3. The number of amides is 1. The van der Waals surface area contributed by atoms with Gasteiger partial charge in [-0.3, -0.25) is 9.79 Å². The van der Waals surface area contributed by atoms with Crippen LogP contribution in [-0.2, 0) is 4.79 Å². The molecule has 0 heterocycles. The van der Waals surface area contributed by atoms with Gasteiger partial charge >= 0.3 is 0 Å². The molecule has 4 nitrogen and oxygen atoms in total. The van der Waals surface area contributed by atoms with Gasteiger partial charge in [-0.25, -0.2) is 0 Å². The predicted molar refractivity (Wildman–Crippen MR) is 106 cm³/mol. The van der Waals surface area contributed by atoms with Crippen LogP contribution < -0.4 is 10.1 Å². The molecule has 3 rings (SSSR count). The van der Waals surface area contributed by atoms with Crippen molar-refractivity contribution in [3.8, 4) is 5.75 Å². The average Bonchev–Trinajstić information content (AvgIpc) is 2.67. The van der Waals surface area contributed by atoms with E-state index in [0.29, 0.717) is 10.8 Å². The number of carbonyl (C=O) groups excluding carboxylic acids is 1. The number of ether oxygens (including phenoxy) is 1. The Morgan fingerprint density at radius 3 is 2.38 bits per heavy atom. The Morgan fingerprint density at radius 1 is 1.00 bits per heavy atom. The van der Waals surface area contributed by atoms with Crippen LogP contribution in [0.2, 0.25) is 5.02 Å². The molecule has 1 amide bonds. The number of nitrogens with zero attached hydrogens (tertiary/aromatic N) is 1. The number of halogens is 1. The van der Waals surface area contributed by atoms with E-state index in [2.05, 4.69) is 10.3 Å². The molecular weight excluding hydrogens is 348 g/mol. The summed E-state index contributed by atoms with van der Waals surface area (Å²) >= 11 is 6.24. The maximum absolute atomic E-state index is 11.9. The SMILES string of the molecule is O=C(COc1ccc(C=Nc2ccccc2)cc1Cl)Nc1ccccc1. The van der Waals surface area contributed by atoms with Gasteiger partial charge in [0, 0.05) is 11.9 Å². The Balaban J connectivity index is 1.57. The number of nitrogens with one attached hydrogen (secondary N) is 1. The summed E-state index contributed by atoms with van der Waals surface area (Å²) in [6.45, 7) is -0.119. The molecule has 0 aliphatic rings. The van der Waals surface area contributed by atoms with Crippen LogP contribution in [0.15, 0.2) is 83.9 Å². The fourth-order valence-electron chi connectivity index (χ4n) is 2.24. The van der Waals surface area contributed by atoms with Crippen molar-refractivity contribution in [1.82, 2.24) is 0 Å². The maximum Gasteiger partial charge on any atom is 0.262 e. The van der Waals surface area contributed by atoms with Gasteiger partial charge in [0.25, 0.3) is 5.91 Å². The Labute approximate surface area is 157 Å². The molecule has 3 aromatic rings. The second-order valence-electron chi connectivity index (χ2n) is 5.49. The van der Waals surface area contributed by atoms with E-state index >= 15 is 0 Å². The molecule has 0 radical (unpaired) electrons. The molecule has 0 aromatic heterocycles. The molecule has 0 aliphatic heterocycles. The van der Waals surface area contributed by atoms with Crippen LogP contribution in [0.25, 0.3) is 0 Å². The van der Waals surface area contributed by atoms with Crippen LogP contribution in [0.4, 0.5) is 11.4 Å². The van der Waals surface area contributed by atoms with E-state index in [1.165, 1.54) is 0 Å². The summed E-state index contributed by atoms with van der Waals surface area (Å²) in [6.07, 6.45) is 1.73. The molecule has 5 heteroatoms. The minimum absolute atomic E-state index is 0.119. The highest BCUT2D eigenvalue weighted by atomic mass is 35.5. The van der Waals surface area contributed by atoms with Crippen LogP contribution in [-0.4, -0.2) is 18.7 Å². The summed E-state index contributed by atoms with van der Waals surface area (Å²) in [5.41, 5.74) is 2.43. The summed E-state index contributed by atoms with van der Waals surface area (Å²) < 4.78 is 5.50. The second kappa shape index (κ2) is 8.83. The molecule has 1 N–H and O–H groups in total. The minimum Gasteiger partial charge on any atom is -0.482 e. The third-order valence-electron chi connectivity index (χ3n) is 3.49. The summed E-state index contributed by atoms with van der Waals surface area (Å²) in [4.78, 5) is 16.3. The number of benzene rings is 3. The number of aliphatic imine (C=N–C) groups is 1. The first kappa shape index (κ1) is 17.7. The standard InChI is InChI=1S/C21H17ClN2O2/c22-19-13-16(14-23-17-7-3-1-4-8-17)11-12-20(19)26-15-21(25)24-18-9-5-2-6-10-18/h1-14H,15H2,(H,24,25). The van der Waals surface area contributed by atoms with E-state index in [0.717, 1.165) is 16.9 Å². The predicted octanol–water partition coefficient (Wildman–Crippen LogP) is 5.11. The van der Waals surface area contributed by atoms with Crippen LogP contribution >= 0.6 is 11.6 Å². The van der Waals surface area contributed by atoms with E-state index in [1.807, 2.05) is 66.7 Å². The van der Waals surface area contributed by atoms with Crippen LogP contribution in [0.5, 0.6) is 5.75 Å². The summed E-state index contributed by atoms with van der Waals surface area (Å²) in [5, 5.41) is 3.18. The molecule has 0 atom stereocenters. The van der Waals surface area contributed by atoms with Crippen LogP contribution in [0, 0.1) is 0 Å². The third kappa shape index (κ3) is 5.19. The van der Waals surface area contributed by atoms with E-state index in [-0.39, 0.29) is 12.5 Å². The van der Waals surface area contributed by atoms with Gasteiger partial charge in [0.15, 0.2) is 6.61 Å². The molecule has 0 spiro atoms. The van der Waals surface area contributed by atoms with Gasteiger partial charge < -0.3 is 10.1 Å². The highest BCUT2D eigenvalue weighted by Crippen LogP contribution is 2.25. The smallest absolute Gasteiger partial charge is 0.262 e. The van der Waals surface area contributed by atoms with Gasteiger partial charge in [-0.15, -0.1) is 0 Å². The van der Waals surface area contributed by atoms with Gasteiger partial charge in [-0.1, -0.05) is 48.0 Å². The van der Waals surface area contributed by atoms with Crippen LogP contribution in [0.3, 0.4) is 0 Å². The molecule has 3 aromatic carbocycles. The number of anilines is 1. The zero-order valence-corrected chi connectivity index (χ0v) is 14.7. The van der Waals surface area contributed by atoms with E-state index in [1.54, 1.807) is 18.3 Å².